The molecule has 0 spiro atoms. The Morgan fingerprint density at radius 2 is 1.81 bits per heavy atom. The van der Waals surface area contributed by atoms with Crippen molar-refractivity contribution in [3.8, 4) is 11.3 Å². The standard InChI is InChI=1S/C11H8O4S/c12-9-5-6-15-11(7-9)8-1-3-10(4-2-8)16(13)14/h1-7H,(H,13,14). The van der Waals surface area contributed by atoms with E-state index in [1.807, 2.05) is 0 Å². The van der Waals surface area contributed by atoms with Gasteiger partial charge in [0.15, 0.2) is 16.5 Å². The molecule has 1 aromatic heterocycles. The number of hydrogen-bond donors (Lipinski definition) is 1. The normalized spacial score (nSPS) is 12.3. The molecule has 0 saturated carbocycles. The van der Waals surface area contributed by atoms with Crippen molar-refractivity contribution in [3.63, 3.8) is 0 Å². The summed E-state index contributed by atoms with van der Waals surface area (Å²) >= 11 is -1.99. The van der Waals surface area contributed by atoms with Gasteiger partial charge in [-0.1, -0.05) is 0 Å². The lowest BCUT2D eigenvalue weighted by Crippen LogP contribution is -1.95. The Kier molecular flexibility index (Phi) is 2.98. The lowest BCUT2D eigenvalue weighted by atomic mass is 10.1. The molecule has 2 rings (SSSR count). The summed E-state index contributed by atoms with van der Waals surface area (Å²) in [7, 11) is 0. The van der Waals surface area contributed by atoms with Crippen LogP contribution in [0.1, 0.15) is 0 Å². The second-order valence-corrected chi connectivity index (χ2v) is 4.07. The Morgan fingerprint density at radius 3 is 2.38 bits per heavy atom. The van der Waals surface area contributed by atoms with Gasteiger partial charge in [0.2, 0.25) is 0 Å². The van der Waals surface area contributed by atoms with Crippen molar-refractivity contribution in [1.29, 1.82) is 0 Å². The van der Waals surface area contributed by atoms with E-state index in [0.717, 1.165) is 0 Å². The Balaban J connectivity index is 2.42. The zero-order chi connectivity index (χ0) is 11.5. The first-order valence-corrected chi connectivity index (χ1v) is 5.57. The second kappa shape index (κ2) is 4.42. The van der Waals surface area contributed by atoms with Gasteiger partial charge < -0.3 is 8.97 Å². The SMILES string of the molecule is O=c1ccoc(-c2ccc(S(=O)O)cc2)c1. The molecule has 82 valence electrons. The van der Waals surface area contributed by atoms with Gasteiger partial charge in [0.25, 0.3) is 0 Å². The Bertz CT molecular complexity index is 571. The number of benzene rings is 1. The fourth-order valence-electron chi connectivity index (χ4n) is 1.27. The Morgan fingerprint density at radius 1 is 1.12 bits per heavy atom. The third kappa shape index (κ3) is 2.26. The van der Waals surface area contributed by atoms with E-state index in [0.29, 0.717) is 16.2 Å². The van der Waals surface area contributed by atoms with E-state index >= 15 is 0 Å². The minimum absolute atomic E-state index is 0.143. The molecule has 0 aliphatic heterocycles. The summed E-state index contributed by atoms with van der Waals surface area (Å²) in [4.78, 5) is 11.4. The van der Waals surface area contributed by atoms with Crippen molar-refractivity contribution in [1.82, 2.24) is 0 Å². The van der Waals surface area contributed by atoms with Crippen molar-refractivity contribution in [2.24, 2.45) is 0 Å². The highest BCUT2D eigenvalue weighted by atomic mass is 32.2. The zero-order valence-electron chi connectivity index (χ0n) is 8.12. The summed E-state index contributed by atoms with van der Waals surface area (Å²) in [6.07, 6.45) is 1.32. The van der Waals surface area contributed by atoms with Crippen molar-refractivity contribution in [2.45, 2.75) is 4.90 Å². The van der Waals surface area contributed by atoms with Crippen LogP contribution in [-0.2, 0) is 11.1 Å². The summed E-state index contributed by atoms with van der Waals surface area (Å²) in [6, 6.07) is 8.96. The maximum Gasteiger partial charge on any atom is 0.186 e. The highest BCUT2D eigenvalue weighted by Gasteiger charge is 2.03. The molecule has 1 N–H and O–H groups in total. The van der Waals surface area contributed by atoms with Crippen LogP contribution in [0.3, 0.4) is 0 Å². The first-order valence-electron chi connectivity index (χ1n) is 4.47. The fraction of sp³-hybridized carbons (Fsp3) is 0. The van der Waals surface area contributed by atoms with Gasteiger partial charge in [-0.25, -0.2) is 4.21 Å². The van der Waals surface area contributed by atoms with Crippen LogP contribution in [0.4, 0.5) is 0 Å². The molecule has 0 radical (unpaired) electrons. The van der Waals surface area contributed by atoms with Crippen molar-refractivity contribution < 1.29 is 13.2 Å². The van der Waals surface area contributed by atoms with E-state index in [9.17, 15) is 9.00 Å². The van der Waals surface area contributed by atoms with Crippen molar-refractivity contribution >= 4 is 11.1 Å². The van der Waals surface area contributed by atoms with Crippen LogP contribution in [0.25, 0.3) is 11.3 Å². The van der Waals surface area contributed by atoms with Gasteiger partial charge in [-0.3, -0.25) is 4.79 Å². The first kappa shape index (κ1) is 10.8. The van der Waals surface area contributed by atoms with E-state index in [1.54, 1.807) is 12.1 Å². The summed E-state index contributed by atoms with van der Waals surface area (Å²) in [6.45, 7) is 0. The average Bonchev–Trinajstić information content (AvgIpc) is 2.29. The van der Waals surface area contributed by atoms with Gasteiger partial charge >= 0.3 is 0 Å². The van der Waals surface area contributed by atoms with E-state index in [2.05, 4.69) is 0 Å². The monoisotopic (exact) mass is 236 g/mol. The van der Waals surface area contributed by atoms with Gasteiger partial charge in [-0.2, -0.15) is 0 Å². The van der Waals surface area contributed by atoms with Gasteiger partial charge in [0.05, 0.1) is 11.2 Å². The summed E-state index contributed by atoms with van der Waals surface area (Å²) in [5.41, 5.74) is 0.544. The molecule has 1 aromatic carbocycles. The van der Waals surface area contributed by atoms with Gasteiger partial charge in [-0.15, -0.1) is 0 Å². The predicted molar refractivity (Wildman–Crippen MR) is 59.5 cm³/mol. The van der Waals surface area contributed by atoms with Crippen LogP contribution in [0.2, 0.25) is 0 Å². The molecule has 1 unspecified atom stereocenters. The quantitative estimate of drug-likeness (QED) is 0.808. The minimum atomic E-state index is -1.99. The average molecular weight is 236 g/mol. The van der Waals surface area contributed by atoms with Crippen LogP contribution in [-0.4, -0.2) is 8.76 Å². The first-order chi connectivity index (χ1) is 7.66. The summed E-state index contributed by atoms with van der Waals surface area (Å²) in [5, 5.41) is 0. The van der Waals surface area contributed by atoms with Gasteiger partial charge in [-0.05, 0) is 24.3 Å². The van der Waals surface area contributed by atoms with E-state index in [4.69, 9.17) is 8.97 Å². The molecule has 5 heteroatoms. The molecule has 2 aromatic rings. The van der Waals surface area contributed by atoms with Gasteiger partial charge in [0, 0.05) is 17.7 Å². The van der Waals surface area contributed by atoms with Crippen LogP contribution in [0.15, 0.2) is 56.8 Å². The molecule has 0 bridgehead atoms. The van der Waals surface area contributed by atoms with Crippen molar-refractivity contribution in [3.05, 3.63) is 52.9 Å². The van der Waals surface area contributed by atoms with E-state index in [1.165, 1.54) is 30.5 Å². The lowest BCUT2D eigenvalue weighted by Gasteiger charge is -2.00. The largest absolute Gasteiger partial charge is 0.464 e. The fourth-order valence-corrected chi connectivity index (χ4v) is 1.64. The molecule has 0 saturated heterocycles. The van der Waals surface area contributed by atoms with Gasteiger partial charge in [0.1, 0.15) is 5.76 Å². The summed E-state index contributed by atoms with van der Waals surface area (Å²) in [5.74, 6) is 0.433. The second-order valence-electron chi connectivity index (χ2n) is 3.11. The summed E-state index contributed by atoms with van der Waals surface area (Å²) < 4.78 is 24.7. The van der Waals surface area contributed by atoms with Crippen LogP contribution in [0, 0.1) is 0 Å². The molecule has 16 heavy (non-hydrogen) atoms. The molecule has 4 nitrogen and oxygen atoms in total. The minimum Gasteiger partial charge on any atom is -0.464 e. The molecular weight excluding hydrogens is 228 g/mol. The van der Waals surface area contributed by atoms with E-state index in [-0.39, 0.29) is 5.43 Å². The highest BCUT2D eigenvalue weighted by Crippen LogP contribution is 2.18. The number of hydrogen-bond acceptors (Lipinski definition) is 3. The lowest BCUT2D eigenvalue weighted by molar-refractivity contribution is 0.562. The smallest absolute Gasteiger partial charge is 0.186 e. The molecule has 1 heterocycles. The molecular formula is C11H8O4S. The highest BCUT2D eigenvalue weighted by molar-refractivity contribution is 7.79. The maximum atomic E-state index is 11.1. The predicted octanol–water partition coefficient (Wildman–Crippen LogP) is 1.89. The molecule has 0 fully saturated rings. The third-order valence-electron chi connectivity index (χ3n) is 2.04. The van der Waals surface area contributed by atoms with Crippen molar-refractivity contribution in [2.75, 3.05) is 0 Å². The molecule has 0 amide bonds. The van der Waals surface area contributed by atoms with Crippen LogP contribution in [0.5, 0.6) is 0 Å². The van der Waals surface area contributed by atoms with E-state index < -0.39 is 11.1 Å². The molecule has 0 aliphatic rings. The number of rotatable bonds is 2. The molecule has 0 aliphatic carbocycles. The molecule has 1 atom stereocenters. The van der Waals surface area contributed by atoms with Crippen LogP contribution >= 0.6 is 0 Å². The van der Waals surface area contributed by atoms with Crippen LogP contribution < -0.4 is 5.43 Å². The third-order valence-corrected chi connectivity index (χ3v) is 2.72. The zero-order valence-corrected chi connectivity index (χ0v) is 8.94. The maximum absolute atomic E-state index is 11.1. The Hall–Kier alpha value is -1.72. The Labute approximate surface area is 93.8 Å². The topological polar surface area (TPSA) is 67.5 Å².